The molecule has 1 aromatic carbocycles. The fourth-order valence-corrected chi connectivity index (χ4v) is 8.09. The Morgan fingerprint density at radius 1 is 0.463 bits per heavy atom. The Morgan fingerprint density at radius 2 is 0.812 bits per heavy atom. The summed E-state index contributed by atoms with van der Waals surface area (Å²) in [6.07, 6.45) is -2.44. The minimum absolute atomic E-state index is 0.00167. The SMILES string of the molecule is CC(=O)NC(CCC(=O)NCCCC(=O)O)C(=O)NC(CCC(=O)NCCCC(=O)O)C(=O)NC(CCc1c(C)cc(C)cc1C)C(=O)NC(CCC(N)=O)C(=O)NC(CCCN=C(N)N)C(=O)NC(CCCN=C(N)N)C(N)=O. The summed E-state index contributed by atoms with van der Waals surface area (Å²) in [7, 11) is 0. The van der Waals surface area contributed by atoms with Crippen LogP contribution < -0.4 is 76.9 Å². The van der Waals surface area contributed by atoms with Crippen LogP contribution in [0.1, 0.15) is 125 Å². The van der Waals surface area contributed by atoms with Crippen LogP contribution in [0.25, 0.3) is 0 Å². The van der Waals surface area contributed by atoms with E-state index in [2.05, 4.69) is 52.5 Å². The van der Waals surface area contributed by atoms with Gasteiger partial charge in [0.2, 0.25) is 59.1 Å². The van der Waals surface area contributed by atoms with Crippen molar-refractivity contribution in [2.24, 2.45) is 44.4 Å². The second kappa shape index (κ2) is 37.3. The summed E-state index contributed by atoms with van der Waals surface area (Å²) in [5.41, 5.74) is 36.2. The number of benzene rings is 1. The third-order valence-corrected chi connectivity index (χ3v) is 12.1. The topological polar surface area (TPSA) is 522 Å². The van der Waals surface area contributed by atoms with E-state index in [9.17, 15) is 57.5 Å². The largest absolute Gasteiger partial charge is 0.481 e. The van der Waals surface area contributed by atoms with Crippen molar-refractivity contribution in [2.75, 3.05) is 26.2 Å². The molecule has 0 aromatic heterocycles. The average Bonchev–Trinajstić information content (AvgIpc) is 3.36. The molecule has 0 spiro atoms. The van der Waals surface area contributed by atoms with Gasteiger partial charge in [-0.3, -0.25) is 67.5 Å². The number of carbonyl (C=O) groups is 12. The van der Waals surface area contributed by atoms with Crippen LogP contribution in [0.15, 0.2) is 22.1 Å². The van der Waals surface area contributed by atoms with Crippen LogP contribution in [0.3, 0.4) is 0 Å². The van der Waals surface area contributed by atoms with Crippen molar-refractivity contribution in [2.45, 2.75) is 167 Å². The third-order valence-electron chi connectivity index (χ3n) is 12.1. The molecule has 0 heterocycles. The maximum absolute atomic E-state index is 14.7. The molecular weight excluding hydrogens is 1050 g/mol. The van der Waals surface area contributed by atoms with Crippen molar-refractivity contribution in [3.05, 3.63) is 34.4 Å². The van der Waals surface area contributed by atoms with Gasteiger partial charge in [0.05, 0.1) is 0 Å². The number of carboxylic acids is 2. The summed E-state index contributed by atoms with van der Waals surface area (Å²) in [5.74, 6) is -11.2. The first-order chi connectivity index (χ1) is 37.6. The number of hydrogen-bond donors (Lipinski definition) is 16. The van der Waals surface area contributed by atoms with E-state index in [1.54, 1.807) is 0 Å². The van der Waals surface area contributed by atoms with Gasteiger partial charge in [-0.25, -0.2) is 0 Å². The molecule has 0 radical (unpaired) electrons. The molecular formula is C50H82N16O14. The summed E-state index contributed by atoms with van der Waals surface area (Å²) in [6, 6.07) is -5.07. The van der Waals surface area contributed by atoms with Crippen molar-refractivity contribution in [3.63, 3.8) is 0 Å². The zero-order valence-corrected chi connectivity index (χ0v) is 45.9. The molecule has 0 aliphatic rings. The number of primary amides is 2. The number of carbonyl (C=O) groups excluding carboxylic acids is 10. The first-order valence-electron chi connectivity index (χ1n) is 26.1. The Hall–Kier alpha value is -8.60. The highest BCUT2D eigenvalue weighted by Crippen LogP contribution is 2.19. The number of guanidine groups is 2. The summed E-state index contributed by atoms with van der Waals surface area (Å²) in [6.45, 7) is 6.77. The van der Waals surface area contributed by atoms with Gasteiger partial charge < -0.3 is 87.1 Å². The molecule has 446 valence electrons. The lowest BCUT2D eigenvalue weighted by Crippen LogP contribution is -2.59. The lowest BCUT2D eigenvalue weighted by Gasteiger charge is -2.28. The summed E-state index contributed by atoms with van der Waals surface area (Å²) in [4.78, 5) is 163. The Kier molecular flexibility index (Phi) is 32.3. The smallest absolute Gasteiger partial charge is 0.303 e. The average molecular weight is 1130 g/mol. The van der Waals surface area contributed by atoms with Crippen molar-refractivity contribution >= 4 is 82.9 Å². The monoisotopic (exact) mass is 1130 g/mol. The van der Waals surface area contributed by atoms with Gasteiger partial charge in [-0.05, 0) is 108 Å². The number of hydrogen-bond acceptors (Lipinski definition) is 14. The molecule has 30 nitrogen and oxygen atoms in total. The number of aliphatic carboxylic acids is 2. The van der Waals surface area contributed by atoms with Crippen LogP contribution in [-0.4, -0.2) is 156 Å². The number of carboxylic acid groups (broad SMARTS) is 2. The van der Waals surface area contributed by atoms with E-state index in [4.69, 9.17) is 44.6 Å². The minimum atomic E-state index is -1.63. The van der Waals surface area contributed by atoms with Gasteiger partial charge in [0.25, 0.3) is 0 Å². The Morgan fingerprint density at radius 3 is 1.18 bits per heavy atom. The van der Waals surface area contributed by atoms with Gasteiger partial charge in [0.15, 0.2) is 11.9 Å². The zero-order chi connectivity index (χ0) is 60.5. The predicted octanol–water partition coefficient (Wildman–Crippen LogP) is -4.15. The number of nitrogens with one attached hydrogen (secondary N) is 8. The fourth-order valence-electron chi connectivity index (χ4n) is 8.09. The molecule has 80 heavy (non-hydrogen) atoms. The molecule has 30 heteroatoms. The maximum atomic E-state index is 14.7. The Bertz CT molecular complexity index is 2370. The molecule has 1 rings (SSSR count). The lowest BCUT2D eigenvalue weighted by atomic mass is 9.94. The number of aryl methyl sites for hydroxylation is 3. The molecule has 0 saturated heterocycles. The minimum Gasteiger partial charge on any atom is -0.481 e. The van der Waals surface area contributed by atoms with Crippen molar-refractivity contribution in [1.82, 2.24) is 42.5 Å². The van der Waals surface area contributed by atoms with E-state index >= 15 is 0 Å². The summed E-state index contributed by atoms with van der Waals surface area (Å²) >= 11 is 0. The predicted molar refractivity (Wildman–Crippen MR) is 292 cm³/mol. The van der Waals surface area contributed by atoms with E-state index in [1.165, 1.54) is 0 Å². The molecule has 0 fully saturated rings. The number of nitrogens with two attached hydrogens (primary N) is 6. The molecule has 10 amide bonds. The van der Waals surface area contributed by atoms with Gasteiger partial charge in [-0.15, -0.1) is 0 Å². The van der Waals surface area contributed by atoms with Crippen LogP contribution in [0.2, 0.25) is 0 Å². The van der Waals surface area contributed by atoms with E-state index in [-0.39, 0.29) is 115 Å². The highest BCUT2D eigenvalue weighted by molar-refractivity contribution is 5.97. The molecule has 1 aromatic rings. The van der Waals surface area contributed by atoms with Gasteiger partial charge in [-0.2, -0.15) is 0 Å². The number of aliphatic imine (C=N–C) groups is 2. The number of rotatable bonds is 40. The highest BCUT2D eigenvalue weighted by atomic mass is 16.4. The van der Waals surface area contributed by atoms with E-state index in [1.807, 2.05) is 32.9 Å². The molecule has 6 unspecified atom stereocenters. The van der Waals surface area contributed by atoms with E-state index in [0.29, 0.717) is 0 Å². The molecule has 22 N–H and O–H groups in total. The molecule has 0 saturated carbocycles. The van der Waals surface area contributed by atoms with Crippen molar-refractivity contribution in [3.8, 4) is 0 Å². The Labute approximate surface area is 463 Å². The van der Waals surface area contributed by atoms with Crippen LogP contribution in [0, 0.1) is 20.8 Å². The van der Waals surface area contributed by atoms with Gasteiger partial charge in [0, 0.05) is 65.2 Å². The maximum Gasteiger partial charge on any atom is 0.303 e. The Balaban J connectivity index is 3.79. The number of amides is 10. The van der Waals surface area contributed by atoms with E-state index in [0.717, 1.165) is 29.2 Å². The van der Waals surface area contributed by atoms with Crippen LogP contribution in [0.5, 0.6) is 0 Å². The molecule has 6 atom stereocenters. The normalized spacial score (nSPS) is 12.9. The second-order valence-corrected chi connectivity index (χ2v) is 19.1. The number of nitrogens with zero attached hydrogens (tertiary/aromatic N) is 2. The van der Waals surface area contributed by atoms with Gasteiger partial charge >= 0.3 is 11.9 Å². The fraction of sp³-hybridized carbons (Fsp3) is 0.600. The van der Waals surface area contributed by atoms with Crippen molar-refractivity contribution < 1.29 is 67.7 Å². The quantitative estimate of drug-likeness (QED) is 0.0169. The summed E-state index contributed by atoms with van der Waals surface area (Å²) < 4.78 is 0. The van der Waals surface area contributed by atoms with Crippen molar-refractivity contribution in [1.29, 1.82) is 0 Å². The highest BCUT2D eigenvalue weighted by Gasteiger charge is 2.34. The van der Waals surface area contributed by atoms with Gasteiger partial charge in [-0.1, -0.05) is 17.7 Å². The lowest BCUT2D eigenvalue weighted by molar-refractivity contribution is -0.138. The first kappa shape index (κ1) is 69.4. The zero-order valence-electron chi connectivity index (χ0n) is 45.9. The molecule has 0 aliphatic carbocycles. The van der Waals surface area contributed by atoms with Crippen LogP contribution in [-0.2, 0) is 64.0 Å². The van der Waals surface area contributed by atoms with Crippen LogP contribution >= 0.6 is 0 Å². The first-order valence-corrected chi connectivity index (χ1v) is 26.1. The third kappa shape index (κ3) is 30.4. The molecule has 0 bridgehead atoms. The molecule has 0 aliphatic heterocycles. The van der Waals surface area contributed by atoms with Gasteiger partial charge in [0.1, 0.15) is 36.3 Å². The standard InChI is InChI=1S/C50H82N16O14/c1-27-25-28(2)31(29(3)26-27)13-14-35(46(78)65-36(15-18-38(51)68)47(79)63-33(10-6-24-60-50(55)56)44(76)62-32(43(52)75)9-5-23-59-49(53)54)64-48(80)37(17-20-40(70)58-22-8-12-42(73)74)66-45(77)34(61-30(4)67)16-19-39(69)57-21-7-11-41(71)72/h25-26,32-37H,5-24H2,1-4H3,(H2,51,68)(H2,52,75)(H,57,69)(H,58,70)(H,61,67)(H,62,76)(H,63,79)(H,64,80)(H,65,78)(H,66,77)(H,71,72)(H,73,74)(H4,53,54,59)(H4,55,56,60). The summed E-state index contributed by atoms with van der Waals surface area (Å²) in [5, 5.41) is 38.2. The second-order valence-electron chi connectivity index (χ2n) is 19.1. The van der Waals surface area contributed by atoms with E-state index < -0.39 is 133 Å². The van der Waals surface area contributed by atoms with Crippen LogP contribution in [0.4, 0.5) is 0 Å².